The Morgan fingerprint density at radius 2 is 2.08 bits per heavy atom. The van der Waals surface area contributed by atoms with Crippen molar-refractivity contribution in [3.05, 3.63) is 29.6 Å². The molecule has 2 rings (SSSR count). The van der Waals surface area contributed by atoms with Gasteiger partial charge in [0, 0.05) is 39.3 Å². The van der Waals surface area contributed by atoms with Crippen LogP contribution in [0.4, 0.5) is 0 Å². The SMILES string of the molecule is CCN(CC)S(=O)(=O)N1CCC[C@@H]1c1ccc(CNC(C)=O)cn1. The normalized spacial score (nSPS) is 18.9. The smallest absolute Gasteiger partial charge is 0.282 e. The Balaban J connectivity index is 2.17. The van der Waals surface area contributed by atoms with Crippen molar-refractivity contribution in [1.29, 1.82) is 0 Å². The summed E-state index contributed by atoms with van der Waals surface area (Å²) >= 11 is 0. The first kappa shape index (κ1) is 18.8. The van der Waals surface area contributed by atoms with Crippen molar-refractivity contribution in [2.75, 3.05) is 19.6 Å². The summed E-state index contributed by atoms with van der Waals surface area (Å²) in [5, 5.41) is 2.72. The third-order valence-corrected chi connectivity index (χ3v) is 6.46. The predicted molar refractivity (Wildman–Crippen MR) is 92.3 cm³/mol. The van der Waals surface area contributed by atoms with Crippen molar-refractivity contribution in [2.45, 2.75) is 46.2 Å². The molecule has 0 saturated carbocycles. The molecule has 0 spiro atoms. The molecular weight excluding hydrogens is 328 g/mol. The molecule has 0 aromatic carbocycles. The van der Waals surface area contributed by atoms with Gasteiger partial charge < -0.3 is 5.32 Å². The first-order valence-electron chi connectivity index (χ1n) is 8.36. The van der Waals surface area contributed by atoms with E-state index >= 15 is 0 Å². The fourth-order valence-corrected chi connectivity index (χ4v) is 4.82. The van der Waals surface area contributed by atoms with E-state index in [2.05, 4.69) is 10.3 Å². The zero-order chi connectivity index (χ0) is 17.7. The number of aromatic nitrogens is 1. The first-order chi connectivity index (χ1) is 11.4. The van der Waals surface area contributed by atoms with Crippen LogP contribution in [0, 0.1) is 0 Å². The number of hydrogen-bond acceptors (Lipinski definition) is 4. The Kier molecular flexibility index (Phi) is 6.31. The van der Waals surface area contributed by atoms with E-state index in [0.717, 1.165) is 24.1 Å². The minimum atomic E-state index is -3.46. The summed E-state index contributed by atoms with van der Waals surface area (Å²) in [6.07, 6.45) is 3.31. The Bertz CT molecular complexity index is 656. The van der Waals surface area contributed by atoms with Gasteiger partial charge in [0.2, 0.25) is 5.91 Å². The molecule has 7 nitrogen and oxygen atoms in total. The summed E-state index contributed by atoms with van der Waals surface area (Å²) < 4.78 is 28.6. The van der Waals surface area contributed by atoms with E-state index in [1.807, 2.05) is 26.0 Å². The Hall–Kier alpha value is -1.51. The molecule has 1 fully saturated rings. The van der Waals surface area contributed by atoms with E-state index in [4.69, 9.17) is 0 Å². The molecule has 1 amide bonds. The summed E-state index contributed by atoms with van der Waals surface area (Å²) in [7, 11) is -3.46. The van der Waals surface area contributed by atoms with Gasteiger partial charge in [-0.2, -0.15) is 17.0 Å². The van der Waals surface area contributed by atoms with Crippen molar-refractivity contribution in [1.82, 2.24) is 18.9 Å². The highest BCUT2D eigenvalue weighted by Crippen LogP contribution is 2.34. The molecule has 2 heterocycles. The molecule has 1 aliphatic heterocycles. The van der Waals surface area contributed by atoms with Gasteiger partial charge in [-0.05, 0) is 24.5 Å². The second-order valence-electron chi connectivity index (χ2n) is 5.86. The number of nitrogens with zero attached hydrogens (tertiary/aromatic N) is 3. The molecule has 1 atom stereocenters. The topological polar surface area (TPSA) is 82.6 Å². The van der Waals surface area contributed by atoms with E-state index in [-0.39, 0.29) is 11.9 Å². The van der Waals surface area contributed by atoms with Crippen molar-refractivity contribution >= 4 is 16.1 Å². The molecular formula is C16H26N4O3S. The number of hydrogen-bond donors (Lipinski definition) is 1. The molecule has 0 bridgehead atoms. The van der Waals surface area contributed by atoms with E-state index in [1.165, 1.54) is 11.2 Å². The maximum Gasteiger partial charge on any atom is 0.282 e. The maximum atomic E-state index is 12.8. The minimum absolute atomic E-state index is 0.0913. The lowest BCUT2D eigenvalue weighted by Gasteiger charge is -2.29. The van der Waals surface area contributed by atoms with Crippen LogP contribution < -0.4 is 5.32 Å². The second kappa shape index (κ2) is 8.04. The van der Waals surface area contributed by atoms with Crippen LogP contribution in [0.1, 0.15) is 50.9 Å². The predicted octanol–water partition coefficient (Wildman–Crippen LogP) is 1.44. The Morgan fingerprint density at radius 1 is 1.38 bits per heavy atom. The number of carbonyl (C=O) groups is 1. The van der Waals surface area contributed by atoms with Crippen LogP contribution in [-0.4, -0.2) is 47.6 Å². The van der Waals surface area contributed by atoms with Gasteiger partial charge in [0.15, 0.2) is 0 Å². The van der Waals surface area contributed by atoms with Gasteiger partial charge in [0.1, 0.15) is 0 Å². The molecule has 0 radical (unpaired) electrons. The third-order valence-electron chi connectivity index (χ3n) is 4.26. The maximum absolute atomic E-state index is 12.8. The lowest BCUT2D eigenvalue weighted by molar-refractivity contribution is -0.119. The van der Waals surface area contributed by atoms with E-state index in [9.17, 15) is 13.2 Å². The number of amides is 1. The number of pyridine rings is 1. The van der Waals surface area contributed by atoms with Crippen molar-refractivity contribution in [3.63, 3.8) is 0 Å². The van der Waals surface area contributed by atoms with Gasteiger partial charge in [-0.25, -0.2) is 0 Å². The van der Waals surface area contributed by atoms with Crippen LogP contribution in [-0.2, 0) is 21.5 Å². The van der Waals surface area contributed by atoms with Crippen molar-refractivity contribution < 1.29 is 13.2 Å². The standard InChI is InChI=1S/C16H26N4O3S/c1-4-19(5-2)24(22,23)20-10-6-7-16(20)15-9-8-14(12-18-15)11-17-13(3)21/h8-9,12,16H,4-7,10-11H2,1-3H3,(H,17,21)/t16-/m1/s1. The molecule has 1 aliphatic rings. The average molecular weight is 354 g/mol. The van der Waals surface area contributed by atoms with E-state index in [1.54, 1.807) is 10.5 Å². The molecule has 8 heteroatoms. The fourth-order valence-electron chi connectivity index (χ4n) is 2.97. The Labute approximate surface area is 144 Å². The van der Waals surface area contributed by atoms with Gasteiger partial charge in [-0.15, -0.1) is 0 Å². The molecule has 134 valence electrons. The van der Waals surface area contributed by atoms with Crippen LogP contribution >= 0.6 is 0 Å². The quantitative estimate of drug-likeness (QED) is 0.803. The minimum Gasteiger partial charge on any atom is -0.352 e. The van der Waals surface area contributed by atoms with E-state index in [0.29, 0.717) is 26.2 Å². The lowest BCUT2D eigenvalue weighted by atomic mass is 10.1. The van der Waals surface area contributed by atoms with Crippen LogP contribution in [0.5, 0.6) is 0 Å². The lowest BCUT2D eigenvalue weighted by Crippen LogP contribution is -2.43. The van der Waals surface area contributed by atoms with Crippen LogP contribution in [0.15, 0.2) is 18.3 Å². The van der Waals surface area contributed by atoms with Gasteiger partial charge in [0.25, 0.3) is 10.2 Å². The van der Waals surface area contributed by atoms with Crippen LogP contribution in [0.25, 0.3) is 0 Å². The summed E-state index contributed by atoms with van der Waals surface area (Å²) in [5.74, 6) is -0.0913. The third kappa shape index (κ3) is 4.12. The Morgan fingerprint density at radius 3 is 2.62 bits per heavy atom. The highest BCUT2D eigenvalue weighted by molar-refractivity contribution is 7.86. The second-order valence-corrected chi connectivity index (χ2v) is 7.74. The first-order valence-corrected chi connectivity index (χ1v) is 9.76. The molecule has 0 aliphatic carbocycles. The van der Waals surface area contributed by atoms with Crippen LogP contribution in [0.2, 0.25) is 0 Å². The number of carbonyl (C=O) groups excluding carboxylic acids is 1. The largest absolute Gasteiger partial charge is 0.352 e. The molecule has 1 saturated heterocycles. The zero-order valence-corrected chi connectivity index (χ0v) is 15.3. The molecule has 1 aromatic heterocycles. The van der Waals surface area contributed by atoms with Crippen LogP contribution in [0.3, 0.4) is 0 Å². The molecule has 1 aromatic rings. The highest BCUT2D eigenvalue weighted by Gasteiger charge is 2.38. The van der Waals surface area contributed by atoms with Crippen molar-refractivity contribution in [2.24, 2.45) is 0 Å². The average Bonchev–Trinajstić information content (AvgIpc) is 3.04. The zero-order valence-electron chi connectivity index (χ0n) is 14.5. The summed E-state index contributed by atoms with van der Waals surface area (Å²) in [4.78, 5) is 15.4. The van der Waals surface area contributed by atoms with Gasteiger partial charge >= 0.3 is 0 Å². The summed E-state index contributed by atoms with van der Waals surface area (Å²) in [6, 6.07) is 3.53. The van der Waals surface area contributed by atoms with E-state index < -0.39 is 10.2 Å². The van der Waals surface area contributed by atoms with Gasteiger partial charge in [0.05, 0.1) is 11.7 Å². The molecule has 0 unspecified atom stereocenters. The number of nitrogens with one attached hydrogen (secondary N) is 1. The summed E-state index contributed by atoms with van der Waals surface area (Å²) in [5.41, 5.74) is 1.65. The monoisotopic (exact) mass is 354 g/mol. The molecule has 1 N–H and O–H groups in total. The highest BCUT2D eigenvalue weighted by atomic mass is 32.2. The molecule has 24 heavy (non-hydrogen) atoms. The number of rotatable bonds is 7. The summed E-state index contributed by atoms with van der Waals surface area (Å²) in [6.45, 7) is 7.04. The van der Waals surface area contributed by atoms with Gasteiger partial charge in [-0.3, -0.25) is 9.78 Å². The van der Waals surface area contributed by atoms with Crippen molar-refractivity contribution in [3.8, 4) is 0 Å². The van der Waals surface area contributed by atoms with Gasteiger partial charge in [-0.1, -0.05) is 19.9 Å². The fraction of sp³-hybridized carbons (Fsp3) is 0.625.